The zero-order chi connectivity index (χ0) is 20.7. The summed E-state index contributed by atoms with van der Waals surface area (Å²) >= 11 is 6.55. The predicted molar refractivity (Wildman–Crippen MR) is 112 cm³/mol. The van der Waals surface area contributed by atoms with Gasteiger partial charge in [0.2, 0.25) is 0 Å². The molecule has 1 N–H and O–H groups in total. The average molecular weight is 419 g/mol. The molecule has 0 aliphatic carbocycles. The number of aromatic nitrogens is 3. The van der Waals surface area contributed by atoms with E-state index in [0.29, 0.717) is 27.9 Å². The van der Waals surface area contributed by atoms with Crippen LogP contribution in [-0.2, 0) is 22.5 Å². The van der Waals surface area contributed by atoms with E-state index in [1.54, 1.807) is 42.5 Å². The summed E-state index contributed by atoms with van der Waals surface area (Å²) in [5.74, 6) is 1.27. The van der Waals surface area contributed by atoms with Gasteiger partial charge in [0, 0.05) is 17.6 Å². The zero-order valence-corrected chi connectivity index (χ0v) is 18.1. The number of nitrogens with one attached hydrogen (secondary N) is 1. The first-order valence-corrected chi connectivity index (χ1v) is 10.7. The largest absolute Gasteiger partial charge is 0.314 e. The summed E-state index contributed by atoms with van der Waals surface area (Å²) in [4.78, 5) is 0.183. The fourth-order valence-electron chi connectivity index (χ4n) is 3.06. The van der Waals surface area contributed by atoms with Crippen LogP contribution in [-0.4, -0.2) is 23.2 Å². The number of aryl methyl sites for hydroxylation is 1. The highest BCUT2D eigenvalue weighted by Crippen LogP contribution is 2.42. The lowest BCUT2D eigenvalue weighted by atomic mass is 9.82. The molecule has 28 heavy (non-hydrogen) atoms. The first-order chi connectivity index (χ1) is 13.0. The summed E-state index contributed by atoms with van der Waals surface area (Å²) in [5, 5.41) is 8.96. The molecule has 0 fully saturated rings. The van der Waals surface area contributed by atoms with Crippen molar-refractivity contribution in [3.05, 3.63) is 58.9 Å². The topological polar surface area (TPSA) is 76.9 Å². The summed E-state index contributed by atoms with van der Waals surface area (Å²) in [7, 11) is -1.93. The number of rotatable bonds is 4. The SMILES string of the molecule is Cc1nnc(-c2c(NS(=O)(=O)c3ccccc3)ccc(Cl)c2C(C)(C)C)n1C. The van der Waals surface area contributed by atoms with Gasteiger partial charge >= 0.3 is 0 Å². The third-order valence-corrected chi connectivity index (χ3v) is 6.21. The van der Waals surface area contributed by atoms with Gasteiger partial charge in [-0.2, -0.15) is 0 Å². The Kier molecular flexibility index (Phi) is 5.25. The van der Waals surface area contributed by atoms with Crippen LogP contribution in [0.25, 0.3) is 11.4 Å². The van der Waals surface area contributed by atoms with Gasteiger partial charge in [-0.3, -0.25) is 4.72 Å². The van der Waals surface area contributed by atoms with Crippen LogP contribution >= 0.6 is 11.6 Å². The van der Waals surface area contributed by atoms with E-state index < -0.39 is 10.0 Å². The monoisotopic (exact) mass is 418 g/mol. The maximum Gasteiger partial charge on any atom is 0.261 e. The first kappa shape index (κ1) is 20.4. The van der Waals surface area contributed by atoms with Gasteiger partial charge in [-0.1, -0.05) is 50.6 Å². The highest BCUT2D eigenvalue weighted by atomic mass is 35.5. The third kappa shape index (κ3) is 3.77. The molecular formula is C20H23ClN4O2S. The molecule has 0 saturated heterocycles. The second-order valence-electron chi connectivity index (χ2n) is 7.64. The van der Waals surface area contributed by atoms with Gasteiger partial charge in [-0.15, -0.1) is 10.2 Å². The van der Waals surface area contributed by atoms with Gasteiger partial charge in [-0.25, -0.2) is 8.42 Å². The minimum Gasteiger partial charge on any atom is -0.314 e. The van der Waals surface area contributed by atoms with Gasteiger partial charge in [0.1, 0.15) is 5.82 Å². The van der Waals surface area contributed by atoms with Crippen LogP contribution in [0, 0.1) is 6.92 Å². The summed E-state index contributed by atoms with van der Waals surface area (Å²) in [6, 6.07) is 11.6. The molecule has 0 aliphatic heterocycles. The highest BCUT2D eigenvalue weighted by molar-refractivity contribution is 7.92. The van der Waals surface area contributed by atoms with Crippen molar-refractivity contribution >= 4 is 27.3 Å². The molecule has 8 heteroatoms. The lowest BCUT2D eigenvalue weighted by Crippen LogP contribution is -2.19. The summed E-state index contributed by atoms with van der Waals surface area (Å²) < 4.78 is 30.4. The summed E-state index contributed by atoms with van der Waals surface area (Å²) in [6.07, 6.45) is 0. The number of hydrogen-bond acceptors (Lipinski definition) is 4. The Labute approximate surface area is 170 Å². The second-order valence-corrected chi connectivity index (χ2v) is 9.73. The van der Waals surface area contributed by atoms with E-state index in [4.69, 9.17) is 11.6 Å². The molecule has 3 rings (SSSR count). The van der Waals surface area contributed by atoms with E-state index in [-0.39, 0.29) is 10.3 Å². The lowest BCUT2D eigenvalue weighted by molar-refractivity contribution is 0.590. The number of benzene rings is 2. The van der Waals surface area contributed by atoms with E-state index >= 15 is 0 Å². The minimum absolute atomic E-state index is 0.183. The van der Waals surface area contributed by atoms with Crippen molar-refractivity contribution in [1.29, 1.82) is 0 Å². The van der Waals surface area contributed by atoms with E-state index in [9.17, 15) is 8.42 Å². The maximum atomic E-state index is 12.9. The van der Waals surface area contributed by atoms with Crippen molar-refractivity contribution in [3.8, 4) is 11.4 Å². The molecule has 0 spiro atoms. The molecule has 2 aromatic carbocycles. The predicted octanol–water partition coefficient (Wildman–Crippen LogP) is 4.54. The van der Waals surface area contributed by atoms with Crippen LogP contribution in [0.3, 0.4) is 0 Å². The van der Waals surface area contributed by atoms with Gasteiger partial charge in [0.15, 0.2) is 5.82 Å². The molecule has 0 unspecified atom stereocenters. The first-order valence-electron chi connectivity index (χ1n) is 8.79. The molecule has 0 atom stereocenters. The van der Waals surface area contributed by atoms with Gasteiger partial charge in [-0.05, 0) is 42.2 Å². The molecule has 0 bridgehead atoms. The van der Waals surface area contributed by atoms with Crippen molar-refractivity contribution in [1.82, 2.24) is 14.8 Å². The van der Waals surface area contributed by atoms with Crippen LogP contribution < -0.4 is 4.72 Å². The highest BCUT2D eigenvalue weighted by Gasteiger charge is 2.29. The number of sulfonamides is 1. The minimum atomic E-state index is -3.78. The van der Waals surface area contributed by atoms with Crippen molar-refractivity contribution < 1.29 is 8.42 Å². The number of hydrogen-bond donors (Lipinski definition) is 1. The molecule has 0 saturated carbocycles. The van der Waals surface area contributed by atoms with Crippen molar-refractivity contribution in [2.75, 3.05) is 4.72 Å². The van der Waals surface area contributed by atoms with Gasteiger partial charge in [0.05, 0.1) is 10.6 Å². The fourth-order valence-corrected chi connectivity index (χ4v) is 4.59. The Bertz CT molecular complexity index is 1120. The van der Waals surface area contributed by atoms with Crippen molar-refractivity contribution in [2.24, 2.45) is 7.05 Å². The smallest absolute Gasteiger partial charge is 0.261 e. The van der Waals surface area contributed by atoms with Crippen LogP contribution in [0.15, 0.2) is 47.4 Å². The molecule has 0 amide bonds. The Morgan fingerprint density at radius 3 is 2.21 bits per heavy atom. The number of nitrogens with zero attached hydrogens (tertiary/aromatic N) is 3. The van der Waals surface area contributed by atoms with Crippen LogP contribution in [0.5, 0.6) is 0 Å². The lowest BCUT2D eigenvalue weighted by Gasteiger charge is -2.26. The summed E-state index contributed by atoms with van der Waals surface area (Å²) in [5.41, 5.74) is 1.50. The van der Waals surface area contributed by atoms with Gasteiger partial charge in [0.25, 0.3) is 10.0 Å². The molecule has 6 nitrogen and oxygen atoms in total. The van der Waals surface area contributed by atoms with E-state index in [1.165, 1.54) is 0 Å². The third-order valence-electron chi connectivity index (χ3n) is 4.52. The molecular weight excluding hydrogens is 396 g/mol. The second kappa shape index (κ2) is 7.22. The fraction of sp³-hybridized carbons (Fsp3) is 0.300. The quantitative estimate of drug-likeness (QED) is 0.674. The summed E-state index contributed by atoms with van der Waals surface area (Å²) in [6.45, 7) is 7.91. The van der Waals surface area contributed by atoms with E-state index in [1.807, 2.05) is 39.3 Å². The average Bonchev–Trinajstić information content (AvgIpc) is 2.95. The molecule has 1 aromatic heterocycles. The molecule has 0 aliphatic rings. The van der Waals surface area contributed by atoms with Crippen molar-refractivity contribution in [2.45, 2.75) is 38.0 Å². The Hall–Kier alpha value is -2.38. The van der Waals surface area contributed by atoms with E-state index in [0.717, 1.165) is 5.56 Å². The Morgan fingerprint density at radius 2 is 1.68 bits per heavy atom. The zero-order valence-electron chi connectivity index (χ0n) is 16.5. The Morgan fingerprint density at radius 1 is 1.04 bits per heavy atom. The molecule has 0 radical (unpaired) electrons. The molecule has 3 aromatic rings. The van der Waals surface area contributed by atoms with Crippen molar-refractivity contribution in [3.63, 3.8) is 0 Å². The van der Waals surface area contributed by atoms with Gasteiger partial charge < -0.3 is 4.57 Å². The van der Waals surface area contributed by atoms with Crippen LogP contribution in [0.4, 0.5) is 5.69 Å². The number of halogens is 1. The van der Waals surface area contributed by atoms with E-state index in [2.05, 4.69) is 14.9 Å². The van der Waals surface area contributed by atoms with Crippen LogP contribution in [0.2, 0.25) is 5.02 Å². The maximum absolute atomic E-state index is 12.9. The molecule has 148 valence electrons. The van der Waals surface area contributed by atoms with Crippen LogP contribution in [0.1, 0.15) is 32.2 Å². The normalized spacial score (nSPS) is 12.2. The molecule has 1 heterocycles. The number of anilines is 1. The Balaban J connectivity index is 2.27. The standard InChI is InChI=1S/C20H23ClN4O2S/c1-13-22-23-19(25(13)5)17-16(12-11-15(21)18(17)20(2,3)4)24-28(26,27)14-9-7-6-8-10-14/h6-12,24H,1-5H3.